The van der Waals surface area contributed by atoms with Crippen LogP contribution in [0.2, 0.25) is 0 Å². The van der Waals surface area contributed by atoms with Gasteiger partial charge in [0.1, 0.15) is 6.23 Å². The fraction of sp³-hybridized carbons (Fsp3) is 0.647. The molecule has 0 amide bonds. The van der Waals surface area contributed by atoms with Gasteiger partial charge in [-0.25, -0.2) is 4.79 Å². The molecule has 6 heteroatoms. The standard InChI is InChI=1S/C17H24N2O4/c20-11-14-8-9-15(23-14)19-10-13(16(21)18-17(19)22)7-6-12-4-2-1-3-5-12/h6-7,10,12,14-15,20H,1-5,8-9,11H2,(H,18,21,22)/b7-6+/t14-,15+/m0/s1. The highest BCUT2D eigenvalue weighted by molar-refractivity contribution is 5.46. The molecule has 23 heavy (non-hydrogen) atoms. The minimum Gasteiger partial charge on any atom is -0.394 e. The Hall–Kier alpha value is -1.66. The Balaban J connectivity index is 1.81. The maximum Gasteiger partial charge on any atom is 0.330 e. The molecule has 0 aromatic carbocycles. The van der Waals surface area contributed by atoms with E-state index in [9.17, 15) is 9.59 Å². The Morgan fingerprint density at radius 2 is 2.00 bits per heavy atom. The van der Waals surface area contributed by atoms with Crippen molar-refractivity contribution in [3.63, 3.8) is 0 Å². The van der Waals surface area contributed by atoms with E-state index in [1.54, 1.807) is 6.20 Å². The van der Waals surface area contributed by atoms with Crippen LogP contribution < -0.4 is 11.2 Å². The minimum atomic E-state index is -0.464. The Kier molecular flexibility index (Phi) is 5.13. The van der Waals surface area contributed by atoms with Gasteiger partial charge in [-0.3, -0.25) is 14.3 Å². The Morgan fingerprint density at radius 3 is 2.70 bits per heavy atom. The molecule has 0 radical (unpaired) electrons. The molecule has 2 atom stereocenters. The highest BCUT2D eigenvalue weighted by Crippen LogP contribution is 2.27. The first-order valence-electron chi connectivity index (χ1n) is 8.47. The molecule has 6 nitrogen and oxygen atoms in total. The van der Waals surface area contributed by atoms with E-state index < -0.39 is 11.9 Å². The quantitative estimate of drug-likeness (QED) is 0.886. The summed E-state index contributed by atoms with van der Waals surface area (Å²) in [6.45, 7) is -0.0525. The van der Waals surface area contributed by atoms with Crippen molar-refractivity contribution in [1.29, 1.82) is 0 Å². The van der Waals surface area contributed by atoms with Crippen LogP contribution in [0.4, 0.5) is 0 Å². The van der Waals surface area contributed by atoms with Gasteiger partial charge in [-0.2, -0.15) is 0 Å². The maximum atomic E-state index is 12.0. The average Bonchev–Trinajstić information content (AvgIpc) is 3.04. The van der Waals surface area contributed by atoms with Crippen molar-refractivity contribution in [2.75, 3.05) is 6.61 Å². The van der Waals surface area contributed by atoms with E-state index in [1.165, 1.54) is 23.8 Å². The van der Waals surface area contributed by atoms with Gasteiger partial charge in [0.15, 0.2) is 0 Å². The highest BCUT2D eigenvalue weighted by atomic mass is 16.5. The molecule has 2 fully saturated rings. The smallest absolute Gasteiger partial charge is 0.330 e. The predicted molar refractivity (Wildman–Crippen MR) is 87.2 cm³/mol. The maximum absolute atomic E-state index is 12.0. The van der Waals surface area contributed by atoms with E-state index in [0.29, 0.717) is 24.3 Å². The van der Waals surface area contributed by atoms with Gasteiger partial charge in [0, 0.05) is 6.20 Å². The third-order valence-electron chi connectivity index (χ3n) is 4.79. The van der Waals surface area contributed by atoms with Crippen molar-refractivity contribution >= 4 is 6.08 Å². The minimum absolute atomic E-state index is 0.0525. The molecular formula is C17H24N2O4. The number of hydrogen-bond acceptors (Lipinski definition) is 4. The van der Waals surface area contributed by atoms with Gasteiger partial charge >= 0.3 is 5.69 Å². The van der Waals surface area contributed by atoms with Gasteiger partial charge < -0.3 is 9.84 Å². The second-order valence-corrected chi connectivity index (χ2v) is 6.48. The second-order valence-electron chi connectivity index (χ2n) is 6.48. The topological polar surface area (TPSA) is 84.3 Å². The van der Waals surface area contributed by atoms with E-state index in [4.69, 9.17) is 9.84 Å². The van der Waals surface area contributed by atoms with Crippen LogP contribution in [-0.2, 0) is 4.74 Å². The second kappa shape index (κ2) is 7.27. The van der Waals surface area contributed by atoms with Crippen molar-refractivity contribution in [3.8, 4) is 0 Å². The Labute approximate surface area is 134 Å². The molecule has 0 unspecified atom stereocenters. The van der Waals surface area contributed by atoms with Crippen LogP contribution in [0, 0.1) is 5.92 Å². The summed E-state index contributed by atoms with van der Waals surface area (Å²) in [5.74, 6) is 0.519. The number of ether oxygens (including phenoxy) is 1. The average molecular weight is 320 g/mol. The Morgan fingerprint density at radius 1 is 1.22 bits per heavy atom. The molecule has 1 saturated heterocycles. The lowest BCUT2D eigenvalue weighted by atomic mass is 9.89. The molecule has 3 rings (SSSR count). The molecule has 126 valence electrons. The van der Waals surface area contributed by atoms with Gasteiger partial charge in [0.05, 0.1) is 18.3 Å². The summed E-state index contributed by atoms with van der Waals surface area (Å²) in [7, 11) is 0. The lowest BCUT2D eigenvalue weighted by Gasteiger charge is -2.18. The molecular weight excluding hydrogens is 296 g/mol. The zero-order valence-corrected chi connectivity index (χ0v) is 13.2. The summed E-state index contributed by atoms with van der Waals surface area (Å²) >= 11 is 0. The number of rotatable bonds is 4. The van der Waals surface area contributed by atoms with Crippen LogP contribution in [0.5, 0.6) is 0 Å². The fourth-order valence-electron chi connectivity index (χ4n) is 3.43. The number of nitrogens with zero attached hydrogens (tertiary/aromatic N) is 1. The molecule has 2 N–H and O–H groups in total. The molecule has 1 aromatic rings. The number of aromatic amines is 1. The van der Waals surface area contributed by atoms with E-state index in [-0.39, 0.29) is 18.3 Å². The molecule has 2 aliphatic rings. The van der Waals surface area contributed by atoms with E-state index in [0.717, 1.165) is 12.8 Å². The Bertz CT molecular complexity index is 670. The first-order chi connectivity index (χ1) is 11.2. The lowest BCUT2D eigenvalue weighted by molar-refractivity contribution is -0.0246. The zero-order valence-electron chi connectivity index (χ0n) is 13.2. The molecule has 0 bridgehead atoms. The van der Waals surface area contributed by atoms with Gasteiger partial charge in [0.25, 0.3) is 5.56 Å². The molecule has 2 heterocycles. The van der Waals surface area contributed by atoms with Crippen molar-refractivity contribution in [1.82, 2.24) is 9.55 Å². The van der Waals surface area contributed by atoms with Gasteiger partial charge in [-0.1, -0.05) is 31.4 Å². The summed E-state index contributed by atoms with van der Waals surface area (Å²) in [4.78, 5) is 26.4. The van der Waals surface area contributed by atoms with Gasteiger partial charge in [-0.15, -0.1) is 0 Å². The summed E-state index contributed by atoms with van der Waals surface area (Å²) in [5, 5.41) is 9.15. The highest BCUT2D eigenvalue weighted by Gasteiger charge is 2.27. The third kappa shape index (κ3) is 3.82. The number of H-pyrrole nitrogens is 1. The predicted octanol–water partition coefficient (Wildman–Crippen LogP) is 1.80. The molecule has 1 aliphatic carbocycles. The van der Waals surface area contributed by atoms with E-state index >= 15 is 0 Å². The third-order valence-corrected chi connectivity index (χ3v) is 4.79. The number of aromatic nitrogens is 2. The normalized spacial score (nSPS) is 26.1. The SMILES string of the molecule is O=c1[nH]c(=O)n([C@H]2CC[C@@H](CO)O2)cc1/C=C/C1CCCCC1. The molecule has 1 aliphatic heterocycles. The largest absolute Gasteiger partial charge is 0.394 e. The van der Waals surface area contributed by atoms with Crippen LogP contribution in [0.3, 0.4) is 0 Å². The fourth-order valence-corrected chi connectivity index (χ4v) is 3.43. The van der Waals surface area contributed by atoms with E-state index in [1.807, 2.05) is 6.08 Å². The van der Waals surface area contributed by atoms with Crippen molar-refractivity contribution in [3.05, 3.63) is 38.7 Å². The summed E-state index contributed by atoms with van der Waals surface area (Å²) < 4.78 is 7.06. The van der Waals surface area contributed by atoms with Crippen LogP contribution in [0.15, 0.2) is 21.9 Å². The van der Waals surface area contributed by atoms with E-state index in [2.05, 4.69) is 11.1 Å². The summed E-state index contributed by atoms with van der Waals surface area (Å²) in [6.07, 6.45) is 12.3. The lowest BCUT2D eigenvalue weighted by Crippen LogP contribution is -2.33. The molecule has 1 aromatic heterocycles. The van der Waals surface area contributed by atoms with Crippen LogP contribution in [0.25, 0.3) is 6.08 Å². The number of aliphatic hydroxyl groups is 1. The number of aliphatic hydroxyl groups excluding tert-OH is 1. The van der Waals surface area contributed by atoms with Crippen LogP contribution >= 0.6 is 0 Å². The monoisotopic (exact) mass is 320 g/mol. The van der Waals surface area contributed by atoms with Gasteiger partial charge in [0.2, 0.25) is 0 Å². The van der Waals surface area contributed by atoms with Gasteiger partial charge in [-0.05, 0) is 31.6 Å². The van der Waals surface area contributed by atoms with Crippen molar-refractivity contribution < 1.29 is 9.84 Å². The van der Waals surface area contributed by atoms with Crippen LogP contribution in [0.1, 0.15) is 56.7 Å². The zero-order chi connectivity index (χ0) is 16.2. The summed E-state index contributed by atoms with van der Waals surface area (Å²) in [5.41, 5.74) is -0.352. The number of hydrogen-bond donors (Lipinski definition) is 2. The molecule has 1 saturated carbocycles. The van der Waals surface area contributed by atoms with Crippen molar-refractivity contribution in [2.24, 2.45) is 5.92 Å². The first kappa shape index (κ1) is 16.2. The van der Waals surface area contributed by atoms with Crippen LogP contribution in [-0.4, -0.2) is 27.4 Å². The summed E-state index contributed by atoms with van der Waals surface area (Å²) in [6, 6.07) is 0. The molecule has 0 spiro atoms. The van der Waals surface area contributed by atoms with Crippen molar-refractivity contribution in [2.45, 2.75) is 57.3 Å². The first-order valence-corrected chi connectivity index (χ1v) is 8.47. The number of nitrogens with one attached hydrogen (secondary N) is 1. The number of allylic oxidation sites excluding steroid dienone is 1.